The first-order valence-corrected chi connectivity index (χ1v) is 11.7. The average molecular weight is 484 g/mol. The van der Waals surface area contributed by atoms with Gasteiger partial charge in [0.25, 0.3) is 11.8 Å². The summed E-state index contributed by atoms with van der Waals surface area (Å²) in [7, 11) is 1.52. The van der Waals surface area contributed by atoms with E-state index in [1.807, 2.05) is 13.8 Å². The molecule has 2 saturated heterocycles. The first kappa shape index (κ1) is 24.7. The fourth-order valence-electron chi connectivity index (χ4n) is 4.71. The molecule has 0 bridgehead atoms. The Hall–Kier alpha value is -3.46. The van der Waals surface area contributed by atoms with Crippen LogP contribution in [0.2, 0.25) is 0 Å². The Kier molecular flexibility index (Phi) is 7.07. The minimum absolute atomic E-state index is 0.0616. The normalized spacial score (nSPS) is 19.2. The molecule has 2 aromatic rings. The van der Waals surface area contributed by atoms with Crippen molar-refractivity contribution in [3.8, 4) is 5.75 Å². The predicted molar refractivity (Wildman–Crippen MR) is 126 cm³/mol. The molecule has 2 fully saturated rings. The summed E-state index contributed by atoms with van der Waals surface area (Å²) in [6, 6.07) is 11.5. The number of halogens is 1. The second kappa shape index (κ2) is 10.0. The quantitative estimate of drug-likeness (QED) is 0.707. The zero-order chi connectivity index (χ0) is 25.2. The number of rotatable bonds is 5. The lowest BCUT2D eigenvalue weighted by Crippen LogP contribution is -2.60. The molecular weight excluding hydrogens is 453 g/mol. The van der Waals surface area contributed by atoms with Crippen molar-refractivity contribution in [2.75, 3.05) is 26.8 Å². The molecule has 1 atom stereocenters. The highest BCUT2D eigenvalue weighted by Crippen LogP contribution is 2.39. The molecule has 0 aliphatic carbocycles. The highest BCUT2D eigenvalue weighted by atomic mass is 19.1. The number of ether oxygens (including phenoxy) is 2. The van der Waals surface area contributed by atoms with Crippen LogP contribution >= 0.6 is 0 Å². The molecular formula is C26H30FN3O5. The molecule has 1 unspecified atom stereocenters. The third-order valence-electron chi connectivity index (χ3n) is 6.43. The molecule has 3 amide bonds. The van der Waals surface area contributed by atoms with Crippen molar-refractivity contribution >= 4 is 17.7 Å². The first-order valence-electron chi connectivity index (χ1n) is 11.7. The second-order valence-electron chi connectivity index (χ2n) is 9.15. The van der Waals surface area contributed by atoms with E-state index < -0.39 is 17.6 Å². The molecule has 2 aromatic carbocycles. The lowest BCUT2D eigenvalue weighted by atomic mass is 9.96. The Morgan fingerprint density at radius 3 is 2.34 bits per heavy atom. The molecule has 186 valence electrons. The van der Waals surface area contributed by atoms with E-state index in [9.17, 15) is 18.8 Å². The van der Waals surface area contributed by atoms with Crippen molar-refractivity contribution in [3.05, 3.63) is 65.5 Å². The summed E-state index contributed by atoms with van der Waals surface area (Å²) in [4.78, 5) is 42.9. The maximum atomic E-state index is 13.8. The van der Waals surface area contributed by atoms with E-state index in [1.165, 1.54) is 30.2 Å². The van der Waals surface area contributed by atoms with Crippen LogP contribution in [0.1, 0.15) is 47.4 Å². The standard InChI is InChI=1S/C26H30FN3O5/c1-17(2)28-23(31)22-16-35-26(30(22)25(33)19-7-5-9-21(15-19)34-3)10-12-29(13-11-26)24(32)18-6-4-8-20(27)14-18/h4-9,14-15,17,22H,10-13,16H2,1-3H3,(H,28,31). The van der Waals surface area contributed by atoms with E-state index in [0.717, 1.165) is 0 Å². The Morgan fingerprint density at radius 2 is 1.71 bits per heavy atom. The molecule has 0 radical (unpaired) electrons. The highest BCUT2D eigenvalue weighted by molar-refractivity contribution is 5.99. The molecule has 8 nitrogen and oxygen atoms in total. The lowest BCUT2D eigenvalue weighted by molar-refractivity contribution is -0.128. The fourth-order valence-corrected chi connectivity index (χ4v) is 4.71. The molecule has 9 heteroatoms. The van der Waals surface area contributed by atoms with Gasteiger partial charge >= 0.3 is 0 Å². The van der Waals surface area contributed by atoms with Gasteiger partial charge in [0.2, 0.25) is 5.91 Å². The molecule has 2 aliphatic heterocycles. The third-order valence-corrected chi connectivity index (χ3v) is 6.43. The van der Waals surface area contributed by atoms with E-state index in [-0.39, 0.29) is 35.9 Å². The van der Waals surface area contributed by atoms with Crippen LogP contribution in [-0.4, -0.2) is 72.1 Å². The van der Waals surface area contributed by atoms with Gasteiger partial charge in [-0.1, -0.05) is 12.1 Å². The number of likely N-dealkylation sites (tertiary alicyclic amines) is 1. The minimum Gasteiger partial charge on any atom is -0.497 e. The van der Waals surface area contributed by atoms with Gasteiger partial charge in [-0.25, -0.2) is 4.39 Å². The van der Waals surface area contributed by atoms with Crippen LogP contribution < -0.4 is 10.1 Å². The lowest BCUT2D eigenvalue weighted by Gasteiger charge is -2.44. The number of piperidine rings is 1. The summed E-state index contributed by atoms with van der Waals surface area (Å²) in [5.41, 5.74) is -0.376. The largest absolute Gasteiger partial charge is 0.497 e. The smallest absolute Gasteiger partial charge is 0.257 e. The van der Waals surface area contributed by atoms with Crippen LogP contribution in [0.3, 0.4) is 0 Å². The van der Waals surface area contributed by atoms with Gasteiger partial charge in [-0.15, -0.1) is 0 Å². The third kappa shape index (κ3) is 5.00. The van der Waals surface area contributed by atoms with E-state index in [2.05, 4.69) is 5.32 Å². The summed E-state index contributed by atoms with van der Waals surface area (Å²) in [6.45, 7) is 4.38. The van der Waals surface area contributed by atoms with Gasteiger partial charge in [0.15, 0.2) is 0 Å². The van der Waals surface area contributed by atoms with Gasteiger partial charge in [-0.3, -0.25) is 19.3 Å². The molecule has 0 aromatic heterocycles. The first-order chi connectivity index (χ1) is 16.7. The molecule has 4 rings (SSSR count). The van der Waals surface area contributed by atoms with Gasteiger partial charge in [0.1, 0.15) is 23.3 Å². The van der Waals surface area contributed by atoms with Crippen molar-refractivity contribution < 1.29 is 28.2 Å². The van der Waals surface area contributed by atoms with Crippen molar-refractivity contribution in [1.29, 1.82) is 0 Å². The van der Waals surface area contributed by atoms with Crippen LogP contribution in [0.15, 0.2) is 48.5 Å². The Bertz CT molecular complexity index is 1110. The van der Waals surface area contributed by atoms with Crippen molar-refractivity contribution in [2.24, 2.45) is 0 Å². The number of methoxy groups -OCH3 is 1. The molecule has 1 N–H and O–H groups in total. The number of benzene rings is 2. The van der Waals surface area contributed by atoms with E-state index in [1.54, 1.807) is 35.2 Å². The number of carbonyl (C=O) groups is 3. The highest BCUT2D eigenvalue weighted by Gasteiger charge is 2.54. The summed E-state index contributed by atoms with van der Waals surface area (Å²) in [5.74, 6) is -0.847. The predicted octanol–water partition coefficient (Wildman–Crippen LogP) is 2.83. The Balaban J connectivity index is 1.59. The molecule has 2 heterocycles. The van der Waals surface area contributed by atoms with Gasteiger partial charge in [-0.2, -0.15) is 0 Å². The van der Waals surface area contributed by atoms with Crippen LogP contribution in [0.25, 0.3) is 0 Å². The van der Waals surface area contributed by atoms with Crippen LogP contribution in [0.4, 0.5) is 4.39 Å². The van der Waals surface area contributed by atoms with Gasteiger partial charge in [-0.05, 0) is 50.2 Å². The van der Waals surface area contributed by atoms with Crippen molar-refractivity contribution in [3.63, 3.8) is 0 Å². The zero-order valence-electron chi connectivity index (χ0n) is 20.1. The monoisotopic (exact) mass is 483 g/mol. The van der Waals surface area contributed by atoms with Crippen LogP contribution in [0.5, 0.6) is 5.75 Å². The number of hydrogen-bond acceptors (Lipinski definition) is 5. The van der Waals surface area contributed by atoms with Gasteiger partial charge in [0, 0.05) is 43.1 Å². The molecule has 35 heavy (non-hydrogen) atoms. The van der Waals surface area contributed by atoms with Crippen molar-refractivity contribution in [2.45, 2.75) is 44.5 Å². The summed E-state index contributed by atoms with van der Waals surface area (Å²) >= 11 is 0. The number of hydrogen-bond donors (Lipinski definition) is 1. The maximum Gasteiger partial charge on any atom is 0.257 e. The van der Waals surface area contributed by atoms with Gasteiger partial charge in [0.05, 0.1) is 13.7 Å². The van der Waals surface area contributed by atoms with E-state index in [4.69, 9.17) is 9.47 Å². The van der Waals surface area contributed by atoms with Gasteiger partial charge < -0.3 is 19.7 Å². The minimum atomic E-state index is -1.03. The van der Waals surface area contributed by atoms with E-state index >= 15 is 0 Å². The number of nitrogens with zero attached hydrogens (tertiary/aromatic N) is 2. The van der Waals surface area contributed by atoms with Crippen LogP contribution in [0, 0.1) is 5.82 Å². The Labute approximate surface area is 204 Å². The number of nitrogens with one attached hydrogen (secondary N) is 1. The number of amides is 3. The zero-order valence-corrected chi connectivity index (χ0v) is 20.1. The van der Waals surface area contributed by atoms with Crippen molar-refractivity contribution in [1.82, 2.24) is 15.1 Å². The summed E-state index contributed by atoms with van der Waals surface area (Å²) in [5, 5.41) is 2.88. The second-order valence-corrected chi connectivity index (χ2v) is 9.15. The Morgan fingerprint density at radius 1 is 1.06 bits per heavy atom. The topological polar surface area (TPSA) is 88.2 Å². The molecule has 1 spiro atoms. The summed E-state index contributed by atoms with van der Waals surface area (Å²) in [6.07, 6.45) is 0.657. The number of carbonyl (C=O) groups excluding carboxylic acids is 3. The maximum absolute atomic E-state index is 13.8. The molecule has 2 aliphatic rings. The summed E-state index contributed by atoms with van der Waals surface area (Å²) < 4.78 is 25.1. The average Bonchev–Trinajstić information content (AvgIpc) is 3.21. The SMILES string of the molecule is COc1cccc(C(=O)N2C(C(=O)NC(C)C)COC23CCN(C(=O)c2cccc(F)c2)CC3)c1. The fraction of sp³-hybridized carbons (Fsp3) is 0.423. The molecule has 0 saturated carbocycles. The van der Waals surface area contributed by atoms with Crippen LogP contribution in [-0.2, 0) is 9.53 Å². The van der Waals surface area contributed by atoms with E-state index in [0.29, 0.717) is 37.2 Å².